The Bertz CT molecular complexity index is 511. The highest BCUT2D eigenvalue weighted by Gasteiger charge is 2.33. The number of nitrogens with zero attached hydrogens (tertiary/aromatic N) is 1. The molecule has 4 nitrogen and oxygen atoms in total. The Labute approximate surface area is 96.1 Å². The lowest BCUT2D eigenvalue weighted by atomic mass is 10.1. The van der Waals surface area contributed by atoms with Crippen molar-refractivity contribution in [1.29, 1.82) is 0 Å². The summed E-state index contributed by atoms with van der Waals surface area (Å²) in [5.74, 6) is 0.416. The van der Waals surface area contributed by atoms with Gasteiger partial charge in [0.05, 0.1) is 11.4 Å². The molecule has 1 saturated heterocycles. The van der Waals surface area contributed by atoms with E-state index in [2.05, 4.69) is 0 Å². The lowest BCUT2D eigenvalue weighted by molar-refractivity contribution is 0.598. The van der Waals surface area contributed by atoms with E-state index in [1.807, 2.05) is 19.9 Å². The third-order valence-electron chi connectivity index (χ3n) is 2.85. The molecule has 1 atom stereocenters. The van der Waals surface area contributed by atoms with E-state index >= 15 is 0 Å². The van der Waals surface area contributed by atoms with Crippen LogP contribution in [0, 0.1) is 12.8 Å². The van der Waals surface area contributed by atoms with E-state index < -0.39 is 10.0 Å². The predicted octanol–water partition coefficient (Wildman–Crippen LogP) is 1.36. The van der Waals surface area contributed by atoms with Crippen LogP contribution in [-0.4, -0.2) is 20.7 Å². The maximum absolute atomic E-state index is 11.9. The van der Waals surface area contributed by atoms with Gasteiger partial charge in [0.1, 0.15) is 0 Å². The zero-order valence-corrected chi connectivity index (χ0v) is 10.3. The molecular weight excluding hydrogens is 224 g/mol. The first kappa shape index (κ1) is 11.3. The molecule has 1 unspecified atom stereocenters. The molecule has 1 fully saturated rings. The summed E-state index contributed by atoms with van der Waals surface area (Å²) in [6, 6.07) is 5.34. The molecule has 1 aliphatic heterocycles. The number of hydrogen-bond donors (Lipinski definition) is 1. The summed E-state index contributed by atoms with van der Waals surface area (Å²) in [4.78, 5) is 0. The Kier molecular flexibility index (Phi) is 2.58. The van der Waals surface area contributed by atoms with E-state index in [1.54, 1.807) is 12.1 Å². The molecule has 0 bridgehead atoms. The molecule has 0 radical (unpaired) electrons. The summed E-state index contributed by atoms with van der Waals surface area (Å²) < 4.78 is 25.2. The number of rotatable bonds is 1. The minimum absolute atomic E-state index is 0.183. The molecule has 16 heavy (non-hydrogen) atoms. The van der Waals surface area contributed by atoms with Crippen molar-refractivity contribution >= 4 is 21.4 Å². The van der Waals surface area contributed by atoms with Crippen LogP contribution in [0.2, 0.25) is 0 Å². The highest BCUT2D eigenvalue weighted by molar-refractivity contribution is 7.93. The van der Waals surface area contributed by atoms with Gasteiger partial charge in [-0.25, -0.2) is 8.42 Å². The van der Waals surface area contributed by atoms with Crippen LogP contribution in [0.15, 0.2) is 18.2 Å². The first-order valence-corrected chi connectivity index (χ1v) is 6.87. The Morgan fingerprint density at radius 3 is 2.62 bits per heavy atom. The van der Waals surface area contributed by atoms with Gasteiger partial charge < -0.3 is 5.73 Å². The van der Waals surface area contributed by atoms with Gasteiger partial charge in [-0.1, -0.05) is 6.92 Å². The smallest absolute Gasteiger partial charge is 0.235 e. The molecule has 1 aromatic carbocycles. The minimum atomic E-state index is -3.13. The number of sulfonamides is 1. The summed E-state index contributed by atoms with van der Waals surface area (Å²) >= 11 is 0. The summed E-state index contributed by atoms with van der Waals surface area (Å²) in [5, 5.41) is 0. The molecular formula is C11H16N2O2S. The zero-order valence-electron chi connectivity index (χ0n) is 9.47. The number of benzene rings is 1. The fraction of sp³-hybridized carbons (Fsp3) is 0.455. The highest BCUT2D eigenvalue weighted by atomic mass is 32.2. The van der Waals surface area contributed by atoms with Crippen molar-refractivity contribution in [2.75, 3.05) is 22.3 Å². The lowest BCUT2D eigenvalue weighted by Crippen LogP contribution is -2.25. The molecule has 88 valence electrons. The van der Waals surface area contributed by atoms with Crippen LogP contribution in [0.3, 0.4) is 0 Å². The maximum atomic E-state index is 11.9. The first-order chi connectivity index (χ1) is 7.40. The number of anilines is 2. The van der Waals surface area contributed by atoms with Crippen LogP contribution < -0.4 is 10.0 Å². The summed E-state index contributed by atoms with van der Waals surface area (Å²) in [6.07, 6.45) is 0. The molecule has 0 amide bonds. The largest absolute Gasteiger partial charge is 0.399 e. The Morgan fingerprint density at radius 2 is 2.12 bits per heavy atom. The van der Waals surface area contributed by atoms with Gasteiger partial charge >= 0.3 is 0 Å². The summed E-state index contributed by atoms with van der Waals surface area (Å²) in [6.45, 7) is 4.39. The van der Waals surface area contributed by atoms with Crippen molar-refractivity contribution in [3.8, 4) is 0 Å². The van der Waals surface area contributed by atoms with Gasteiger partial charge in [0.25, 0.3) is 0 Å². The van der Waals surface area contributed by atoms with Crippen molar-refractivity contribution in [2.24, 2.45) is 5.92 Å². The topological polar surface area (TPSA) is 63.4 Å². The van der Waals surface area contributed by atoms with E-state index in [4.69, 9.17) is 5.73 Å². The van der Waals surface area contributed by atoms with E-state index in [1.165, 1.54) is 4.31 Å². The van der Waals surface area contributed by atoms with Crippen LogP contribution in [0.5, 0.6) is 0 Å². The van der Waals surface area contributed by atoms with Crippen LogP contribution in [-0.2, 0) is 10.0 Å². The van der Waals surface area contributed by atoms with Gasteiger partial charge in [-0.3, -0.25) is 4.31 Å². The zero-order chi connectivity index (χ0) is 11.9. The third kappa shape index (κ3) is 1.87. The van der Waals surface area contributed by atoms with Crippen molar-refractivity contribution in [3.63, 3.8) is 0 Å². The normalized spacial score (nSPS) is 23.6. The van der Waals surface area contributed by atoms with Gasteiger partial charge in [0.15, 0.2) is 0 Å². The van der Waals surface area contributed by atoms with Crippen molar-refractivity contribution < 1.29 is 8.42 Å². The molecule has 0 spiro atoms. The monoisotopic (exact) mass is 240 g/mol. The van der Waals surface area contributed by atoms with Gasteiger partial charge in [-0.2, -0.15) is 0 Å². The minimum Gasteiger partial charge on any atom is -0.399 e. The summed E-state index contributed by atoms with van der Waals surface area (Å²) in [5.41, 5.74) is 8.03. The fourth-order valence-electron chi connectivity index (χ4n) is 1.98. The van der Waals surface area contributed by atoms with E-state index in [-0.39, 0.29) is 11.7 Å². The fourth-order valence-corrected chi connectivity index (χ4v) is 3.90. The van der Waals surface area contributed by atoms with Gasteiger partial charge in [0.2, 0.25) is 10.0 Å². The third-order valence-corrected chi connectivity index (χ3v) is 4.87. The predicted molar refractivity (Wildman–Crippen MR) is 65.9 cm³/mol. The number of nitrogens with two attached hydrogens (primary N) is 1. The van der Waals surface area contributed by atoms with Crippen molar-refractivity contribution in [3.05, 3.63) is 23.8 Å². The molecule has 2 N–H and O–H groups in total. The number of aryl methyl sites for hydroxylation is 1. The van der Waals surface area contributed by atoms with Crippen LogP contribution >= 0.6 is 0 Å². The second kappa shape index (κ2) is 3.66. The molecule has 2 rings (SSSR count). The standard InChI is InChI=1S/C11H16N2O2S/c1-8-6-13(16(14,15)7-8)10-3-4-11(12)9(2)5-10/h3-5,8H,6-7,12H2,1-2H3. The molecule has 1 heterocycles. The van der Waals surface area contributed by atoms with Gasteiger partial charge in [-0.15, -0.1) is 0 Å². The van der Waals surface area contributed by atoms with Gasteiger partial charge in [-0.05, 0) is 36.6 Å². The van der Waals surface area contributed by atoms with Crippen LogP contribution in [0.25, 0.3) is 0 Å². The van der Waals surface area contributed by atoms with Crippen LogP contribution in [0.4, 0.5) is 11.4 Å². The SMILES string of the molecule is Cc1cc(N2CC(C)CS2(=O)=O)ccc1N. The lowest BCUT2D eigenvalue weighted by Gasteiger charge is -2.18. The van der Waals surface area contributed by atoms with Crippen LogP contribution in [0.1, 0.15) is 12.5 Å². The molecule has 5 heteroatoms. The average Bonchev–Trinajstić information content (AvgIpc) is 2.44. The van der Waals surface area contributed by atoms with E-state index in [0.717, 1.165) is 11.3 Å². The quantitative estimate of drug-likeness (QED) is 0.754. The number of nitrogen functional groups attached to an aromatic ring is 1. The van der Waals surface area contributed by atoms with Crippen molar-refractivity contribution in [2.45, 2.75) is 13.8 Å². The Hall–Kier alpha value is -1.23. The molecule has 0 aliphatic carbocycles. The maximum Gasteiger partial charge on any atom is 0.235 e. The van der Waals surface area contributed by atoms with E-state index in [9.17, 15) is 8.42 Å². The number of hydrogen-bond acceptors (Lipinski definition) is 3. The second-order valence-corrected chi connectivity index (χ2v) is 6.39. The molecule has 0 aromatic heterocycles. The Morgan fingerprint density at radius 1 is 1.44 bits per heavy atom. The summed E-state index contributed by atoms with van der Waals surface area (Å²) in [7, 11) is -3.13. The van der Waals surface area contributed by atoms with Crippen molar-refractivity contribution in [1.82, 2.24) is 0 Å². The average molecular weight is 240 g/mol. The highest BCUT2D eigenvalue weighted by Crippen LogP contribution is 2.28. The second-order valence-electron chi connectivity index (χ2n) is 4.46. The molecule has 1 aromatic rings. The molecule has 1 aliphatic rings. The van der Waals surface area contributed by atoms with Gasteiger partial charge in [0, 0.05) is 12.2 Å². The first-order valence-electron chi connectivity index (χ1n) is 5.26. The Balaban J connectivity index is 2.42. The van der Waals surface area contributed by atoms with E-state index in [0.29, 0.717) is 12.2 Å². The molecule has 0 saturated carbocycles.